The van der Waals surface area contributed by atoms with Crippen molar-refractivity contribution in [3.05, 3.63) is 42.0 Å². The fourth-order valence-corrected chi connectivity index (χ4v) is 2.25. The van der Waals surface area contributed by atoms with Crippen LogP contribution in [0.5, 0.6) is 0 Å². The van der Waals surface area contributed by atoms with Gasteiger partial charge in [0.2, 0.25) is 0 Å². The standard InChI is InChI=1S/C15H19NO4/c1-2-3-13(18)15-12(8-14(19)20-15)16-11-6-4-10(9-17)5-7-11/h2-7,12-13,15-18H,8-9H2,1H3/t12-,13+,15-/m1/s1. The maximum Gasteiger partial charge on any atom is 0.308 e. The zero-order valence-electron chi connectivity index (χ0n) is 11.3. The number of benzene rings is 1. The number of ether oxygens (including phenoxy) is 1. The molecule has 1 aliphatic heterocycles. The number of hydrogen-bond donors (Lipinski definition) is 3. The van der Waals surface area contributed by atoms with Crippen LogP contribution in [0.2, 0.25) is 0 Å². The van der Waals surface area contributed by atoms with E-state index in [9.17, 15) is 9.90 Å². The summed E-state index contributed by atoms with van der Waals surface area (Å²) in [4.78, 5) is 11.4. The minimum absolute atomic E-state index is 0.00601. The van der Waals surface area contributed by atoms with E-state index in [2.05, 4.69) is 5.32 Å². The third kappa shape index (κ3) is 3.37. The molecule has 108 valence electrons. The summed E-state index contributed by atoms with van der Waals surface area (Å²) in [6, 6.07) is 6.99. The van der Waals surface area contributed by atoms with Crippen molar-refractivity contribution >= 4 is 11.7 Å². The first-order valence-corrected chi connectivity index (χ1v) is 6.60. The van der Waals surface area contributed by atoms with Gasteiger partial charge in [0.25, 0.3) is 0 Å². The molecule has 0 amide bonds. The van der Waals surface area contributed by atoms with Crippen LogP contribution in [-0.2, 0) is 16.1 Å². The van der Waals surface area contributed by atoms with Crippen molar-refractivity contribution in [3.63, 3.8) is 0 Å². The molecule has 2 rings (SSSR count). The SMILES string of the molecule is CC=C[C@H](O)[C@@H]1OC(=O)C[C@H]1Nc1ccc(CO)cc1. The number of allylic oxidation sites excluding steroid dienone is 1. The quantitative estimate of drug-likeness (QED) is 0.557. The van der Waals surface area contributed by atoms with Gasteiger partial charge in [0.05, 0.1) is 19.1 Å². The van der Waals surface area contributed by atoms with Crippen molar-refractivity contribution < 1.29 is 19.7 Å². The zero-order chi connectivity index (χ0) is 14.5. The molecule has 0 aromatic heterocycles. The summed E-state index contributed by atoms with van der Waals surface area (Å²) in [5.41, 5.74) is 1.64. The van der Waals surface area contributed by atoms with E-state index in [1.165, 1.54) is 0 Å². The van der Waals surface area contributed by atoms with Gasteiger partial charge in [0.1, 0.15) is 6.10 Å². The Bertz CT molecular complexity index is 483. The maximum atomic E-state index is 11.4. The monoisotopic (exact) mass is 277 g/mol. The van der Waals surface area contributed by atoms with Crippen LogP contribution in [0.3, 0.4) is 0 Å². The number of anilines is 1. The van der Waals surface area contributed by atoms with Crippen molar-refractivity contribution in [2.75, 3.05) is 5.32 Å². The molecule has 0 bridgehead atoms. The molecule has 0 radical (unpaired) electrons. The summed E-state index contributed by atoms with van der Waals surface area (Å²) in [6.07, 6.45) is 2.15. The average Bonchev–Trinajstić information content (AvgIpc) is 2.81. The summed E-state index contributed by atoms with van der Waals surface area (Å²) in [6.45, 7) is 1.80. The van der Waals surface area contributed by atoms with E-state index in [0.29, 0.717) is 0 Å². The highest BCUT2D eigenvalue weighted by molar-refractivity contribution is 5.74. The Labute approximate surface area is 117 Å². The molecule has 1 aromatic carbocycles. The van der Waals surface area contributed by atoms with Crippen molar-refractivity contribution in [2.45, 2.75) is 38.2 Å². The molecule has 1 heterocycles. The number of nitrogens with one attached hydrogen (secondary N) is 1. The summed E-state index contributed by atoms with van der Waals surface area (Å²) in [5, 5.41) is 22.1. The van der Waals surface area contributed by atoms with Crippen LogP contribution in [0.4, 0.5) is 5.69 Å². The number of carbonyl (C=O) groups excluding carboxylic acids is 1. The molecule has 5 heteroatoms. The van der Waals surface area contributed by atoms with Gasteiger partial charge in [-0.1, -0.05) is 24.3 Å². The Morgan fingerprint density at radius 2 is 2.15 bits per heavy atom. The predicted molar refractivity (Wildman–Crippen MR) is 75.1 cm³/mol. The Morgan fingerprint density at radius 3 is 2.75 bits per heavy atom. The molecule has 20 heavy (non-hydrogen) atoms. The van der Waals surface area contributed by atoms with Gasteiger partial charge in [-0.15, -0.1) is 0 Å². The molecule has 1 aliphatic rings. The number of rotatable bonds is 5. The number of esters is 1. The van der Waals surface area contributed by atoms with E-state index < -0.39 is 12.2 Å². The summed E-state index contributed by atoms with van der Waals surface area (Å²) >= 11 is 0. The molecule has 3 N–H and O–H groups in total. The molecule has 0 spiro atoms. The Hall–Kier alpha value is -1.85. The number of cyclic esters (lactones) is 1. The lowest BCUT2D eigenvalue weighted by molar-refractivity contribution is -0.144. The van der Waals surface area contributed by atoms with Gasteiger partial charge in [-0.2, -0.15) is 0 Å². The van der Waals surface area contributed by atoms with Gasteiger partial charge in [-0.05, 0) is 24.6 Å². The van der Waals surface area contributed by atoms with Gasteiger partial charge < -0.3 is 20.3 Å². The van der Waals surface area contributed by atoms with Crippen LogP contribution in [0.1, 0.15) is 18.9 Å². The Balaban J connectivity index is 2.07. The maximum absolute atomic E-state index is 11.4. The van der Waals surface area contributed by atoms with E-state index in [1.54, 1.807) is 31.2 Å². The molecule has 0 unspecified atom stereocenters. The summed E-state index contributed by atoms with van der Waals surface area (Å²) < 4.78 is 5.16. The number of aliphatic hydroxyl groups excluding tert-OH is 2. The zero-order valence-corrected chi connectivity index (χ0v) is 11.3. The van der Waals surface area contributed by atoms with Crippen LogP contribution >= 0.6 is 0 Å². The second kappa shape index (κ2) is 6.54. The fraction of sp³-hybridized carbons (Fsp3) is 0.400. The van der Waals surface area contributed by atoms with Gasteiger partial charge in [-0.3, -0.25) is 4.79 Å². The highest BCUT2D eigenvalue weighted by Crippen LogP contribution is 2.23. The van der Waals surface area contributed by atoms with Crippen LogP contribution in [0.25, 0.3) is 0 Å². The van der Waals surface area contributed by atoms with Crippen LogP contribution in [0.15, 0.2) is 36.4 Å². The summed E-state index contributed by atoms with van der Waals surface area (Å²) in [5.74, 6) is -0.317. The minimum atomic E-state index is -0.819. The second-order valence-electron chi connectivity index (χ2n) is 4.78. The molecular weight excluding hydrogens is 258 g/mol. The van der Waals surface area contributed by atoms with E-state index in [-0.39, 0.29) is 25.0 Å². The van der Waals surface area contributed by atoms with Gasteiger partial charge >= 0.3 is 5.97 Å². The molecule has 1 fully saturated rings. The molecule has 5 nitrogen and oxygen atoms in total. The molecule has 0 aliphatic carbocycles. The Kier molecular flexibility index (Phi) is 4.76. The molecule has 1 aromatic rings. The lowest BCUT2D eigenvalue weighted by Gasteiger charge is -2.22. The van der Waals surface area contributed by atoms with Crippen molar-refractivity contribution in [2.24, 2.45) is 0 Å². The third-order valence-electron chi connectivity index (χ3n) is 3.27. The average molecular weight is 277 g/mol. The lowest BCUT2D eigenvalue weighted by Crippen LogP contribution is -2.38. The van der Waals surface area contributed by atoms with E-state index >= 15 is 0 Å². The van der Waals surface area contributed by atoms with E-state index in [1.807, 2.05) is 12.1 Å². The highest BCUT2D eigenvalue weighted by Gasteiger charge is 2.38. The van der Waals surface area contributed by atoms with Crippen molar-refractivity contribution in [3.8, 4) is 0 Å². The Morgan fingerprint density at radius 1 is 1.45 bits per heavy atom. The van der Waals surface area contributed by atoms with E-state index in [0.717, 1.165) is 11.3 Å². The number of aliphatic hydroxyl groups is 2. The van der Waals surface area contributed by atoms with Gasteiger partial charge in [0.15, 0.2) is 6.10 Å². The molecule has 0 saturated carbocycles. The summed E-state index contributed by atoms with van der Waals surface area (Å²) in [7, 11) is 0. The molecule has 1 saturated heterocycles. The first-order chi connectivity index (χ1) is 9.63. The first kappa shape index (κ1) is 14.6. The van der Waals surface area contributed by atoms with E-state index in [4.69, 9.17) is 9.84 Å². The predicted octanol–water partition coefficient (Wildman–Crippen LogP) is 1.21. The number of carbonyl (C=O) groups is 1. The van der Waals surface area contributed by atoms with Crippen LogP contribution in [-0.4, -0.2) is 34.4 Å². The lowest BCUT2D eigenvalue weighted by atomic mass is 10.0. The number of hydrogen-bond acceptors (Lipinski definition) is 5. The van der Waals surface area contributed by atoms with Crippen LogP contribution < -0.4 is 5.32 Å². The van der Waals surface area contributed by atoms with Crippen LogP contribution in [0, 0.1) is 0 Å². The van der Waals surface area contributed by atoms with Crippen molar-refractivity contribution in [1.82, 2.24) is 0 Å². The molecule has 3 atom stereocenters. The van der Waals surface area contributed by atoms with Gasteiger partial charge in [0, 0.05) is 5.69 Å². The van der Waals surface area contributed by atoms with Gasteiger partial charge in [-0.25, -0.2) is 0 Å². The third-order valence-corrected chi connectivity index (χ3v) is 3.27. The topological polar surface area (TPSA) is 78.8 Å². The highest BCUT2D eigenvalue weighted by atomic mass is 16.6. The first-order valence-electron chi connectivity index (χ1n) is 6.60. The molecular formula is C15H19NO4. The largest absolute Gasteiger partial charge is 0.457 e. The fourth-order valence-electron chi connectivity index (χ4n) is 2.25. The smallest absolute Gasteiger partial charge is 0.308 e. The second-order valence-corrected chi connectivity index (χ2v) is 4.78. The minimum Gasteiger partial charge on any atom is -0.457 e. The normalized spacial score (nSPS) is 23.9. The van der Waals surface area contributed by atoms with Crippen molar-refractivity contribution in [1.29, 1.82) is 0 Å².